The van der Waals surface area contributed by atoms with Gasteiger partial charge in [-0.1, -0.05) is 43.7 Å². The fourth-order valence-corrected chi connectivity index (χ4v) is 4.13. The van der Waals surface area contributed by atoms with Gasteiger partial charge in [0.25, 0.3) is 0 Å². The number of nitrogens with two attached hydrogens (primary N) is 1. The lowest BCUT2D eigenvalue weighted by atomic mass is 9.76. The molecule has 1 aliphatic carbocycles. The van der Waals surface area contributed by atoms with E-state index < -0.39 is 0 Å². The lowest BCUT2D eigenvalue weighted by Gasteiger charge is -2.46. The van der Waals surface area contributed by atoms with Crippen molar-refractivity contribution in [1.82, 2.24) is 4.90 Å². The molecule has 20 heavy (non-hydrogen) atoms. The van der Waals surface area contributed by atoms with Crippen LogP contribution in [0.5, 0.6) is 0 Å². The molecular formula is C18H28N2. The van der Waals surface area contributed by atoms with E-state index in [4.69, 9.17) is 5.73 Å². The molecule has 0 radical (unpaired) electrons. The predicted octanol–water partition coefficient (Wildman–Crippen LogP) is 3.38. The second-order valence-electron chi connectivity index (χ2n) is 6.72. The molecule has 1 saturated heterocycles. The number of benzene rings is 1. The van der Waals surface area contributed by atoms with E-state index in [-0.39, 0.29) is 0 Å². The largest absolute Gasteiger partial charge is 0.327 e. The van der Waals surface area contributed by atoms with Crippen LogP contribution in [0.25, 0.3) is 0 Å². The van der Waals surface area contributed by atoms with E-state index >= 15 is 0 Å². The van der Waals surface area contributed by atoms with E-state index in [1.54, 1.807) is 0 Å². The Morgan fingerprint density at radius 1 is 1.20 bits per heavy atom. The summed E-state index contributed by atoms with van der Waals surface area (Å²) in [4.78, 5) is 2.70. The maximum atomic E-state index is 6.36. The average Bonchev–Trinajstić information content (AvgIpc) is 2.43. The highest BCUT2D eigenvalue weighted by molar-refractivity contribution is 5.21. The van der Waals surface area contributed by atoms with Gasteiger partial charge < -0.3 is 5.73 Å². The van der Waals surface area contributed by atoms with Crippen LogP contribution in [0.3, 0.4) is 0 Å². The summed E-state index contributed by atoms with van der Waals surface area (Å²) < 4.78 is 0. The van der Waals surface area contributed by atoms with Crippen LogP contribution in [0.15, 0.2) is 30.3 Å². The van der Waals surface area contributed by atoms with Crippen molar-refractivity contribution in [2.75, 3.05) is 13.1 Å². The number of piperidine rings is 1. The quantitative estimate of drug-likeness (QED) is 0.910. The first kappa shape index (κ1) is 14.1. The third-order valence-corrected chi connectivity index (χ3v) is 5.36. The van der Waals surface area contributed by atoms with Gasteiger partial charge >= 0.3 is 0 Å². The fraction of sp³-hybridized carbons (Fsp3) is 0.667. The molecule has 0 spiro atoms. The highest BCUT2D eigenvalue weighted by Gasteiger charge is 2.35. The lowest BCUT2D eigenvalue weighted by molar-refractivity contribution is 0.0605. The summed E-state index contributed by atoms with van der Waals surface area (Å²) in [5, 5.41) is 0. The molecule has 1 saturated carbocycles. The first-order valence-corrected chi connectivity index (χ1v) is 8.32. The van der Waals surface area contributed by atoms with Crippen molar-refractivity contribution >= 4 is 0 Å². The van der Waals surface area contributed by atoms with Crippen molar-refractivity contribution in [2.24, 2.45) is 11.7 Å². The fourth-order valence-electron chi connectivity index (χ4n) is 4.13. The number of hydrogen-bond acceptors (Lipinski definition) is 2. The standard InChI is InChI=1S/C18H28N2/c1-2-18(15-9-6-10-15)20-12-16(11-17(19)13-20)14-7-4-3-5-8-14/h3-5,7-8,15-18H,2,6,9-13,19H2,1H3. The van der Waals surface area contributed by atoms with Crippen LogP contribution < -0.4 is 5.73 Å². The Morgan fingerprint density at radius 3 is 2.55 bits per heavy atom. The Balaban J connectivity index is 1.72. The highest BCUT2D eigenvalue weighted by atomic mass is 15.2. The molecule has 110 valence electrons. The van der Waals surface area contributed by atoms with Gasteiger partial charge in [0.15, 0.2) is 0 Å². The zero-order valence-electron chi connectivity index (χ0n) is 12.7. The van der Waals surface area contributed by atoms with E-state index in [9.17, 15) is 0 Å². The topological polar surface area (TPSA) is 29.3 Å². The predicted molar refractivity (Wildman–Crippen MR) is 84.8 cm³/mol. The number of nitrogens with zero attached hydrogens (tertiary/aromatic N) is 1. The summed E-state index contributed by atoms with van der Waals surface area (Å²) in [5.74, 6) is 1.55. The zero-order chi connectivity index (χ0) is 13.9. The second-order valence-corrected chi connectivity index (χ2v) is 6.72. The van der Waals surface area contributed by atoms with Gasteiger partial charge in [0, 0.05) is 25.2 Å². The molecule has 2 nitrogen and oxygen atoms in total. The van der Waals surface area contributed by atoms with Crippen molar-refractivity contribution < 1.29 is 0 Å². The summed E-state index contributed by atoms with van der Waals surface area (Å²) in [6.45, 7) is 4.64. The minimum atomic E-state index is 0.336. The third-order valence-electron chi connectivity index (χ3n) is 5.36. The molecule has 2 aliphatic rings. The van der Waals surface area contributed by atoms with Crippen LogP contribution in [-0.2, 0) is 0 Å². The van der Waals surface area contributed by atoms with Crippen LogP contribution in [0.2, 0.25) is 0 Å². The minimum Gasteiger partial charge on any atom is -0.327 e. The molecule has 0 amide bonds. The molecule has 1 heterocycles. The van der Waals surface area contributed by atoms with Crippen molar-refractivity contribution in [3.8, 4) is 0 Å². The van der Waals surface area contributed by atoms with Crippen molar-refractivity contribution in [3.05, 3.63) is 35.9 Å². The summed E-state index contributed by atoms with van der Waals surface area (Å²) in [7, 11) is 0. The van der Waals surface area contributed by atoms with E-state index in [1.807, 2.05) is 0 Å². The van der Waals surface area contributed by atoms with Crippen molar-refractivity contribution in [1.29, 1.82) is 0 Å². The molecule has 2 N–H and O–H groups in total. The van der Waals surface area contributed by atoms with Crippen molar-refractivity contribution in [2.45, 2.75) is 57.0 Å². The lowest BCUT2D eigenvalue weighted by Crippen LogP contribution is -2.53. The molecule has 2 fully saturated rings. The Labute approximate surface area is 123 Å². The van der Waals surface area contributed by atoms with Gasteiger partial charge in [-0.05, 0) is 43.1 Å². The Kier molecular flexibility index (Phi) is 4.42. The maximum Gasteiger partial charge on any atom is 0.0174 e. The Hall–Kier alpha value is -0.860. The minimum absolute atomic E-state index is 0.336. The van der Waals surface area contributed by atoms with Crippen LogP contribution in [0.1, 0.15) is 50.5 Å². The third kappa shape index (κ3) is 2.91. The van der Waals surface area contributed by atoms with E-state index in [2.05, 4.69) is 42.2 Å². The maximum absolute atomic E-state index is 6.36. The Bertz CT molecular complexity index is 413. The van der Waals surface area contributed by atoms with Crippen LogP contribution >= 0.6 is 0 Å². The van der Waals surface area contributed by atoms with Crippen LogP contribution in [-0.4, -0.2) is 30.1 Å². The van der Waals surface area contributed by atoms with Crippen molar-refractivity contribution in [3.63, 3.8) is 0 Å². The molecule has 1 aromatic rings. The molecule has 0 aromatic heterocycles. The molecule has 3 atom stereocenters. The second kappa shape index (κ2) is 6.28. The molecule has 3 rings (SSSR count). The first-order chi connectivity index (χ1) is 9.78. The molecule has 1 aliphatic heterocycles. The zero-order valence-corrected chi connectivity index (χ0v) is 12.7. The normalized spacial score (nSPS) is 29.9. The molecule has 3 unspecified atom stereocenters. The summed E-state index contributed by atoms with van der Waals surface area (Å²) >= 11 is 0. The highest BCUT2D eigenvalue weighted by Crippen LogP contribution is 2.36. The average molecular weight is 272 g/mol. The number of hydrogen-bond donors (Lipinski definition) is 1. The van der Waals surface area contributed by atoms with E-state index in [0.29, 0.717) is 12.0 Å². The van der Waals surface area contributed by atoms with Crippen LogP contribution in [0.4, 0.5) is 0 Å². The number of rotatable bonds is 4. The van der Waals surface area contributed by atoms with E-state index in [0.717, 1.165) is 24.9 Å². The monoisotopic (exact) mass is 272 g/mol. The molecule has 2 heteroatoms. The Morgan fingerprint density at radius 2 is 1.95 bits per heavy atom. The first-order valence-electron chi connectivity index (χ1n) is 8.32. The molecule has 1 aromatic carbocycles. The summed E-state index contributed by atoms with van der Waals surface area (Å²) in [6.07, 6.45) is 6.71. The smallest absolute Gasteiger partial charge is 0.0174 e. The van der Waals surface area contributed by atoms with Gasteiger partial charge in [-0.25, -0.2) is 0 Å². The van der Waals surface area contributed by atoms with Gasteiger partial charge in [-0.3, -0.25) is 4.90 Å². The molecular weight excluding hydrogens is 244 g/mol. The molecule has 0 bridgehead atoms. The van der Waals surface area contributed by atoms with Gasteiger partial charge in [-0.2, -0.15) is 0 Å². The SMILES string of the molecule is CCC(C1CCC1)N1CC(N)CC(c2ccccc2)C1. The van der Waals surface area contributed by atoms with Gasteiger partial charge in [-0.15, -0.1) is 0 Å². The van der Waals surface area contributed by atoms with E-state index in [1.165, 1.54) is 37.8 Å². The van der Waals surface area contributed by atoms with Gasteiger partial charge in [0.1, 0.15) is 0 Å². The summed E-state index contributed by atoms with van der Waals surface area (Å²) in [6, 6.07) is 12.1. The van der Waals surface area contributed by atoms with Gasteiger partial charge in [0.05, 0.1) is 0 Å². The summed E-state index contributed by atoms with van der Waals surface area (Å²) in [5.41, 5.74) is 7.83. The number of likely N-dealkylation sites (tertiary alicyclic amines) is 1. The van der Waals surface area contributed by atoms with Gasteiger partial charge in [0.2, 0.25) is 0 Å². The van der Waals surface area contributed by atoms with Crippen LogP contribution in [0, 0.1) is 5.92 Å².